The number of anilines is 2. The van der Waals surface area contributed by atoms with E-state index in [0.29, 0.717) is 16.5 Å². The molecule has 0 unspecified atom stereocenters. The summed E-state index contributed by atoms with van der Waals surface area (Å²) in [6, 6.07) is 6.04. The van der Waals surface area contributed by atoms with Crippen LogP contribution in [0.5, 0.6) is 0 Å². The van der Waals surface area contributed by atoms with Crippen molar-refractivity contribution in [1.82, 2.24) is 5.16 Å². The highest BCUT2D eigenvalue weighted by Crippen LogP contribution is 2.22. The average Bonchev–Trinajstić information content (AvgIpc) is 2.76. The zero-order chi connectivity index (χ0) is 13.8. The SMILES string of the molecule is Cc1cc(NC(=O)CSc2ccc(N)c(F)c2)on1. The lowest BCUT2D eigenvalue weighted by Gasteiger charge is -2.03. The molecule has 0 saturated heterocycles. The lowest BCUT2D eigenvalue weighted by atomic mass is 10.3. The molecule has 1 aromatic heterocycles. The van der Waals surface area contributed by atoms with Crippen molar-refractivity contribution < 1.29 is 13.7 Å². The normalized spacial score (nSPS) is 10.4. The Morgan fingerprint density at radius 3 is 2.95 bits per heavy atom. The van der Waals surface area contributed by atoms with Crippen LogP contribution in [0.1, 0.15) is 5.69 Å². The van der Waals surface area contributed by atoms with Crippen LogP contribution in [-0.2, 0) is 4.79 Å². The molecular weight excluding hydrogens is 269 g/mol. The van der Waals surface area contributed by atoms with E-state index in [1.54, 1.807) is 19.1 Å². The summed E-state index contributed by atoms with van der Waals surface area (Å²) < 4.78 is 18.0. The summed E-state index contributed by atoms with van der Waals surface area (Å²) in [6.07, 6.45) is 0. The van der Waals surface area contributed by atoms with E-state index in [9.17, 15) is 9.18 Å². The molecule has 5 nitrogen and oxygen atoms in total. The van der Waals surface area contributed by atoms with E-state index in [-0.39, 0.29) is 17.3 Å². The standard InChI is InChI=1S/C12H12FN3O2S/c1-7-4-12(18-16-7)15-11(17)6-19-8-2-3-10(14)9(13)5-8/h2-5H,6,14H2,1H3,(H,15,17). The van der Waals surface area contributed by atoms with Gasteiger partial charge in [-0.05, 0) is 25.1 Å². The van der Waals surface area contributed by atoms with E-state index in [0.717, 1.165) is 0 Å². The van der Waals surface area contributed by atoms with Crippen LogP contribution in [-0.4, -0.2) is 16.8 Å². The summed E-state index contributed by atoms with van der Waals surface area (Å²) in [7, 11) is 0. The van der Waals surface area contributed by atoms with Crippen molar-refractivity contribution in [3.8, 4) is 0 Å². The number of carbonyl (C=O) groups excluding carboxylic acids is 1. The zero-order valence-corrected chi connectivity index (χ0v) is 11.0. The van der Waals surface area contributed by atoms with Gasteiger partial charge in [0.05, 0.1) is 17.1 Å². The second kappa shape index (κ2) is 5.75. The van der Waals surface area contributed by atoms with Gasteiger partial charge in [0.1, 0.15) is 5.82 Å². The number of nitrogens with zero attached hydrogens (tertiary/aromatic N) is 1. The number of hydrogen-bond acceptors (Lipinski definition) is 5. The third-order valence-electron chi connectivity index (χ3n) is 2.23. The summed E-state index contributed by atoms with van der Waals surface area (Å²) in [5.41, 5.74) is 6.14. The van der Waals surface area contributed by atoms with Gasteiger partial charge in [-0.15, -0.1) is 11.8 Å². The van der Waals surface area contributed by atoms with Crippen molar-refractivity contribution in [2.24, 2.45) is 0 Å². The fourth-order valence-corrected chi connectivity index (χ4v) is 2.06. The fraction of sp³-hybridized carbons (Fsp3) is 0.167. The Labute approximate surface area is 113 Å². The minimum atomic E-state index is -0.490. The van der Waals surface area contributed by atoms with Crippen LogP contribution in [0.3, 0.4) is 0 Å². The van der Waals surface area contributed by atoms with Gasteiger partial charge in [0.25, 0.3) is 0 Å². The Balaban J connectivity index is 1.88. The fourth-order valence-electron chi connectivity index (χ4n) is 1.34. The van der Waals surface area contributed by atoms with E-state index in [4.69, 9.17) is 10.3 Å². The Morgan fingerprint density at radius 2 is 2.32 bits per heavy atom. The predicted molar refractivity (Wildman–Crippen MR) is 71.4 cm³/mol. The number of aryl methyl sites for hydroxylation is 1. The van der Waals surface area contributed by atoms with E-state index >= 15 is 0 Å². The molecule has 0 fully saturated rings. The molecule has 0 aliphatic heterocycles. The summed E-state index contributed by atoms with van der Waals surface area (Å²) in [4.78, 5) is 12.2. The van der Waals surface area contributed by atoms with Gasteiger partial charge in [-0.3, -0.25) is 10.1 Å². The second-order valence-corrected chi connectivity index (χ2v) is 4.90. The molecule has 2 rings (SSSR count). The smallest absolute Gasteiger partial charge is 0.237 e. The van der Waals surface area contributed by atoms with Crippen molar-refractivity contribution in [2.45, 2.75) is 11.8 Å². The van der Waals surface area contributed by atoms with Crippen molar-refractivity contribution in [3.63, 3.8) is 0 Å². The Bertz CT molecular complexity index is 600. The maximum atomic E-state index is 13.2. The molecule has 0 atom stereocenters. The summed E-state index contributed by atoms with van der Waals surface area (Å²) in [6.45, 7) is 1.76. The van der Waals surface area contributed by atoms with Gasteiger partial charge >= 0.3 is 0 Å². The van der Waals surface area contributed by atoms with Crippen molar-refractivity contribution in [1.29, 1.82) is 0 Å². The van der Waals surface area contributed by atoms with E-state index in [1.165, 1.54) is 23.9 Å². The Kier molecular flexibility index (Phi) is 4.06. The molecule has 0 radical (unpaired) electrons. The number of nitrogens with one attached hydrogen (secondary N) is 1. The molecule has 1 aromatic carbocycles. The number of nitrogens with two attached hydrogens (primary N) is 1. The minimum absolute atomic E-state index is 0.0888. The number of aromatic nitrogens is 1. The second-order valence-electron chi connectivity index (χ2n) is 3.85. The molecule has 0 bridgehead atoms. The van der Waals surface area contributed by atoms with E-state index < -0.39 is 5.82 Å². The van der Waals surface area contributed by atoms with Crippen molar-refractivity contribution in [3.05, 3.63) is 35.8 Å². The Morgan fingerprint density at radius 1 is 1.53 bits per heavy atom. The van der Waals surface area contributed by atoms with Crippen LogP contribution in [0.2, 0.25) is 0 Å². The Hall–Kier alpha value is -2.02. The molecule has 0 saturated carbocycles. The maximum Gasteiger partial charge on any atom is 0.237 e. The first-order chi connectivity index (χ1) is 9.04. The number of thioether (sulfide) groups is 1. The average molecular weight is 281 g/mol. The summed E-state index contributed by atoms with van der Waals surface area (Å²) in [5.74, 6) is -0.301. The van der Waals surface area contributed by atoms with Gasteiger partial charge in [0.2, 0.25) is 11.8 Å². The number of carbonyl (C=O) groups is 1. The van der Waals surface area contributed by atoms with Crippen LogP contribution < -0.4 is 11.1 Å². The van der Waals surface area contributed by atoms with Crippen LogP contribution in [0.25, 0.3) is 0 Å². The van der Waals surface area contributed by atoms with Crippen LogP contribution in [0.4, 0.5) is 16.0 Å². The van der Waals surface area contributed by atoms with Crippen LogP contribution >= 0.6 is 11.8 Å². The predicted octanol–water partition coefficient (Wildman–Crippen LogP) is 2.44. The molecular formula is C12H12FN3O2S. The van der Waals surface area contributed by atoms with Crippen molar-refractivity contribution >= 4 is 29.2 Å². The molecule has 0 aliphatic rings. The van der Waals surface area contributed by atoms with Gasteiger partial charge in [0.15, 0.2) is 0 Å². The first kappa shape index (κ1) is 13.4. The summed E-state index contributed by atoms with van der Waals surface area (Å²) in [5, 5.41) is 6.20. The lowest BCUT2D eigenvalue weighted by molar-refractivity contribution is -0.113. The van der Waals surface area contributed by atoms with Gasteiger partial charge in [0, 0.05) is 11.0 Å². The quantitative estimate of drug-likeness (QED) is 0.664. The van der Waals surface area contributed by atoms with Crippen LogP contribution in [0.15, 0.2) is 33.7 Å². The number of amides is 1. The number of rotatable bonds is 4. The molecule has 3 N–H and O–H groups in total. The number of nitrogen functional groups attached to an aromatic ring is 1. The van der Waals surface area contributed by atoms with Gasteiger partial charge in [-0.1, -0.05) is 5.16 Å². The number of halogens is 1. The molecule has 0 spiro atoms. The third kappa shape index (κ3) is 3.72. The first-order valence-electron chi connectivity index (χ1n) is 5.45. The molecule has 1 amide bonds. The van der Waals surface area contributed by atoms with E-state index in [1.807, 2.05) is 0 Å². The minimum Gasteiger partial charge on any atom is -0.396 e. The monoisotopic (exact) mass is 281 g/mol. The highest BCUT2D eigenvalue weighted by molar-refractivity contribution is 8.00. The van der Waals surface area contributed by atoms with Gasteiger partial charge < -0.3 is 10.3 Å². The molecule has 1 heterocycles. The maximum absolute atomic E-state index is 13.2. The molecule has 100 valence electrons. The van der Waals surface area contributed by atoms with Crippen LogP contribution in [0, 0.1) is 12.7 Å². The lowest BCUT2D eigenvalue weighted by Crippen LogP contribution is -2.13. The highest BCUT2D eigenvalue weighted by Gasteiger charge is 2.08. The van der Waals surface area contributed by atoms with Gasteiger partial charge in [-0.25, -0.2) is 4.39 Å². The topological polar surface area (TPSA) is 81.2 Å². The largest absolute Gasteiger partial charge is 0.396 e. The zero-order valence-electron chi connectivity index (χ0n) is 10.1. The van der Waals surface area contributed by atoms with Gasteiger partial charge in [-0.2, -0.15) is 0 Å². The van der Waals surface area contributed by atoms with E-state index in [2.05, 4.69) is 10.5 Å². The number of hydrogen-bond donors (Lipinski definition) is 2. The highest BCUT2D eigenvalue weighted by atomic mass is 32.2. The molecule has 7 heteroatoms. The molecule has 2 aromatic rings. The first-order valence-corrected chi connectivity index (χ1v) is 6.44. The summed E-state index contributed by atoms with van der Waals surface area (Å²) >= 11 is 1.21. The molecule has 0 aliphatic carbocycles. The number of benzene rings is 1. The molecule has 19 heavy (non-hydrogen) atoms. The third-order valence-corrected chi connectivity index (χ3v) is 3.23. The van der Waals surface area contributed by atoms with Crippen molar-refractivity contribution in [2.75, 3.05) is 16.8 Å².